The van der Waals surface area contributed by atoms with E-state index in [1.54, 1.807) is 18.5 Å². The highest BCUT2D eigenvalue weighted by Gasteiger charge is 2.31. The minimum atomic E-state index is -4.37. The second kappa shape index (κ2) is 8.78. The van der Waals surface area contributed by atoms with Crippen molar-refractivity contribution in [2.45, 2.75) is 39.5 Å². The van der Waals surface area contributed by atoms with E-state index in [9.17, 15) is 13.2 Å². The molecular weight excluding hydrogens is 377 g/mol. The van der Waals surface area contributed by atoms with Crippen molar-refractivity contribution in [2.75, 3.05) is 6.54 Å². The van der Waals surface area contributed by atoms with Crippen LogP contribution in [0.5, 0.6) is 0 Å². The van der Waals surface area contributed by atoms with Gasteiger partial charge in [-0.25, -0.2) is 0 Å². The summed E-state index contributed by atoms with van der Waals surface area (Å²) in [5.74, 6) is 0.239. The number of rotatable bonds is 7. The summed E-state index contributed by atoms with van der Waals surface area (Å²) < 4.78 is 41.5. The highest BCUT2D eigenvalue weighted by atomic mass is 19.4. The van der Waals surface area contributed by atoms with Crippen LogP contribution in [0.2, 0.25) is 0 Å². The van der Waals surface area contributed by atoms with E-state index in [-0.39, 0.29) is 12.0 Å². The largest absolute Gasteiger partial charge is 0.416 e. The van der Waals surface area contributed by atoms with E-state index >= 15 is 0 Å². The number of hydrogen-bond acceptors (Lipinski definition) is 3. The van der Waals surface area contributed by atoms with Gasteiger partial charge in [-0.3, -0.25) is 9.67 Å². The van der Waals surface area contributed by atoms with Crippen LogP contribution in [-0.2, 0) is 12.7 Å². The zero-order valence-corrected chi connectivity index (χ0v) is 16.7. The van der Waals surface area contributed by atoms with Crippen LogP contribution in [0.15, 0.2) is 54.9 Å². The highest BCUT2D eigenvalue weighted by Crippen LogP contribution is 2.32. The van der Waals surface area contributed by atoms with Gasteiger partial charge in [0, 0.05) is 31.2 Å². The predicted octanol–water partition coefficient (Wildman–Crippen LogP) is 4.93. The standard InChI is InChI=1S/C22H25F3N4/c1-15(14-29-17(3)11-16(2)28-29)13-27-21(18-7-9-26-10-8-18)19-5-4-6-20(12-19)22(23,24)25/h4-12,15,21,27H,13-14H2,1-3H3/t15-,21-/m1/s1. The molecule has 0 unspecified atom stereocenters. The molecule has 0 bridgehead atoms. The van der Waals surface area contributed by atoms with Gasteiger partial charge in [0.1, 0.15) is 0 Å². The van der Waals surface area contributed by atoms with Crippen molar-refractivity contribution in [3.63, 3.8) is 0 Å². The molecule has 4 nitrogen and oxygen atoms in total. The summed E-state index contributed by atoms with van der Waals surface area (Å²) in [6, 6.07) is 10.8. The van der Waals surface area contributed by atoms with E-state index in [4.69, 9.17) is 0 Å². The van der Waals surface area contributed by atoms with Gasteiger partial charge in [0.05, 0.1) is 17.3 Å². The van der Waals surface area contributed by atoms with Crippen LogP contribution < -0.4 is 5.32 Å². The fourth-order valence-electron chi connectivity index (χ4n) is 3.42. The van der Waals surface area contributed by atoms with E-state index in [0.29, 0.717) is 12.1 Å². The molecule has 0 radical (unpaired) electrons. The van der Waals surface area contributed by atoms with Gasteiger partial charge >= 0.3 is 6.18 Å². The first-order chi connectivity index (χ1) is 13.7. The molecule has 7 heteroatoms. The third-order valence-corrected chi connectivity index (χ3v) is 4.85. The summed E-state index contributed by atoms with van der Waals surface area (Å²) in [5.41, 5.74) is 2.87. The average molecular weight is 402 g/mol. The topological polar surface area (TPSA) is 42.7 Å². The summed E-state index contributed by atoms with van der Waals surface area (Å²) in [4.78, 5) is 4.02. The lowest BCUT2D eigenvalue weighted by Gasteiger charge is -2.23. The second-order valence-electron chi connectivity index (χ2n) is 7.46. The lowest BCUT2D eigenvalue weighted by Crippen LogP contribution is -2.29. The number of benzene rings is 1. The van der Waals surface area contributed by atoms with E-state index in [2.05, 4.69) is 22.3 Å². The van der Waals surface area contributed by atoms with E-state index in [0.717, 1.165) is 29.6 Å². The quantitative estimate of drug-likeness (QED) is 0.609. The van der Waals surface area contributed by atoms with Crippen molar-refractivity contribution >= 4 is 0 Å². The third-order valence-electron chi connectivity index (χ3n) is 4.85. The Labute approximate surface area is 168 Å². The normalized spacial score (nSPS) is 14.0. The first kappa shape index (κ1) is 21.0. The summed E-state index contributed by atoms with van der Waals surface area (Å²) in [6.07, 6.45) is -1.07. The Balaban J connectivity index is 1.79. The molecule has 2 aromatic heterocycles. The highest BCUT2D eigenvalue weighted by molar-refractivity contribution is 5.34. The molecule has 0 aliphatic carbocycles. The zero-order valence-electron chi connectivity index (χ0n) is 16.7. The summed E-state index contributed by atoms with van der Waals surface area (Å²) in [5, 5.41) is 7.93. The molecule has 2 atom stereocenters. The third kappa shape index (κ3) is 5.44. The van der Waals surface area contributed by atoms with Gasteiger partial charge in [-0.05, 0) is 61.2 Å². The number of alkyl halides is 3. The van der Waals surface area contributed by atoms with E-state index < -0.39 is 11.7 Å². The van der Waals surface area contributed by atoms with Crippen molar-refractivity contribution in [3.05, 3.63) is 82.9 Å². The predicted molar refractivity (Wildman–Crippen MR) is 106 cm³/mol. The number of halogens is 3. The van der Waals surface area contributed by atoms with Gasteiger partial charge in [0.25, 0.3) is 0 Å². The van der Waals surface area contributed by atoms with Crippen LogP contribution in [0.1, 0.15) is 41.0 Å². The lowest BCUT2D eigenvalue weighted by molar-refractivity contribution is -0.137. The molecule has 0 saturated carbocycles. The summed E-state index contributed by atoms with van der Waals surface area (Å²) >= 11 is 0. The van der Waals surface area contributed by atoms with Crippen molar-refractivity contribution in [1.82, 2.24) is 20.1 Å². The van der Waals surface area contributed by atoms with Crippen LogP contribution in [0.3, 0.4) is 0 Å². The van der Waals surface area contributed by atoms with E-state index in [1.165, 1.54) is 12.1 Å². The van der Waals surface area contributed by atoms with Crippen LogP contribution in [0.25, 0.3) is 0 Å². The maximum atomic E-state index is 13.2. The lowest BCUT2D eigenvalue weighted by atomic mass is 9.97. The van der Waals surface area contributed by atoms with Gasteiger partial charge in [-0.2, -0.15) is 18.3 Å². The Morgan fingerprint density at radius 2 is 1.76 bits per heavy atom. The molecule has 1 N–H and O–H groups in total. The number of aryl methyl sites for hydroxylation is 2. The van der Waals surface area contributed by atoms with Gasteiger partial charge in [0.2, 0.25) is 0 Å². The van der Waals surface area contributed by atoms with Crippen LogP contribution >= 0.6 is 0 Å². The van der Waals surface area contributed by atoms with Crippen molar-refractivity contribution < 1.29 is 13.2 Å². The Morgan fingerprint density at radius 1 is 1.03 bits per heavy atom. The van der Waals surface area contributed by atoms with Crippen LogP contribution in [0.4, 0.5) is 13.2 Å². The number of aromatic nitrogens is 3. The Bertz CT molecular complexity index is 935. The van der Waals surface area contributed by atoms with Crippen LogP contribution in [0, 0.1) is 19.8 Å². The molecule has 3 rings (SSSR count). The SMILES string of the molecule is Cc1cc(C)n(C[C@H](C)CN[C@H](c2ccncc2)c2cccc(C(F)(F)F)c2)n1. The smallest absolute Gasteiger partial charge is 0.306 e. The number of hydrogen-bond donors (Lipinski definition) is 1. The van der Waals surface area contributed by atoms with Crippen molar-refractivity contribution in [1.29, 1.82) is 0 Å². The monoisotopic (exact) mass is 402 g/mol. The second-order valence-corrected chi connectivity index (χ2v) is 7.46. The fraction of sp³-hybridized carbons (Fsp3) is 0.364. The average Bonchev–Trinajstić information content (AvgIpc) is 2.99. The zero-order chi connectivity index (χ0) is 21.0. The molecule has 0 amide bonds. The molecule has 154 valence electrons. The summed E-state index contributed by atoms with van der Waals surface area (Å²) in [7, 11) is 0. The number of nitrogens with zero attached hydrogens (tertiary/aromatic N) is 3. The molecule has 0 spiro atoms. The minimum Gasteiger partial charge on any atom is -0.306 e. The number of pyridine rings is 1. The van der Waals surface area contributed by atoms with E-state index in [1.807, 2.05) is 36.7 Å². The Morgan fingerprint density at radius 3 is 2.38 bits per heavy atom. The molecule has 2 heterocycles. The Kier molecular flexibility index (Phi) is 6.37. The Hall–Kier alpha value is -2.67. The van der Waals surface area contributed by atoms with Gasteiger partial charge in [0.15, 0.2) is 0 Å². The van der Waals surface area contributed by atoms with Crippen molar-refractivity contribution in [3.8, 4) is 0 Å². The molecule has 29 heavy (non-hydrogen) atoms. The van der Waals surface area contributed by atoms with Gasteiger partial charge < -0.3 is 5.32 Å². The molecule has 3 aromatic rings. The maximum absolute atomic E-state index is 13.2. The molecule has 0 fully saturated rings. The first-order valence-corrected chi connectivity index (χ1v) is 9.55. The summed E-state index contributed by atoms with van der Waals surface area (Å²) in [6.45, 7) is 7.43. The molecule has 0 aliphatic heterocycles. The molecule has 0 saturated heterocycles. The fourth-order valence-corrected chi connectivity index (χ4v) is 3.42. The van der Waals surface area contributed by atoms with Crippen molar-refractivity contribution in [2.24, 2.45) is 5.92 Å². The first-order valence-electron chi connectivity index (χ1n) is 9.55. The van der Waals surface area contributed by atoms with Gasteiger partial charge in [-0.15, -0.1) is 0 Å². The molecule has 1 aromatic carbocycles. The van der Waals surface area contributed by atoms with Gasteiger partial charge in [-0.1, -0.05) is 19.1 Å². The maximum Gasteiger partial charge on any atom is 0.416 e. The molecule has 0 aliphatic rings. The van der Waals surface area contributed by atoms with Crippen LogP contribution in [-0.4, -0.2) is 21.3 Å². The number of nitrogens with one attached hydrogen (secondary N) is 1. The molecular formula is C22H25F3N4. The minimum absolute atomic E-state index is 0.239.